The Morgan fingerprint density at radius 1 is 0.861 bits per heavy atom. The number of benzene rings is 3. The molecule has 4 aromatic rings. The molecule has 1 unspecified atom stereocenters. The topological polar surface area (TPSA) is 27.1 Å². The number of hydrogen-bond acceptors (Lipinski definition) is 2. The van der Waals surface area contributed by atoms with E-state index in [2.05, 4.69) is 113 Å². The van der Waals surface area contributed by atoms with Gasteiger partial charge in [0.05, 0.1) is 17.6 Å². The van der Waals surface area contributed by atoms with Crippen LogP contribution < -0.4 is 4.74 Å². The molecule has 36 heavy (non-hydrogen) atoms. The number of para-hydroxylation sites is 2. The molecule has 1 atom stereocenters. The van der Waals surface area contributed by atoms with Gasteiger partial charge in [0.2, 0.25) is 0 Å². The van der Waals surface area contributed by atoms with E-state index >= 15 is 0 Å². The zero-order chi connectivity index (χ0) is 25.7. The highest BCUT2D eigenvalue weighted by Gasteiger charge is 2.18. The van der Waals surface area contributed by atoms with E-state index in [1.165, 1.54) is 27.8 Å². The minimum Gasteiger partial charge on any atom is -0.493 e. The van der Waals surface area contributed by atoms with Gasteiger partial charge in [0.1, 0.15) is 11.6 Å². The van der Waals surface area contributed by atoms with Crippen molar-refractivity contribution in [1.82, 2.24) is 9.55 Å². The van der Waals surface area contributed by atoms with Crippen molar-refractivity contribution in [2.75, 3.05) is 6.61 Å². The molecule has 4 rings (SSSR count). The number of rotatable bonds is 11. The van der Waals surface area contributed by atoms with Crippen molar-refractivity contribution in [3.05, 3.63) is 94.8 Å². The molecule has 0 saturated heterocycles. The molecule has 1 heterocycles. The van der Waals surface area contributed by atoms with E-state index in [-0.39, 0.29) is 5.92 Å². The monoisotopic (exact) mass is 482 g/mol. The van der Waals surface area contributed by atoms with Crippen molar-refractivity contribution >= 4 is 11.0 Å². The van der Waals surface area contributed by atoms with Gasteiger partial charge in [-0.15, -0.1) is 0 Å². The second kappa shape index (κ2) is 11.8. The Balaban J connectivity index is 1.45. The molecule has 0 aliphatic heterocycles. The van der Waals surface area contributed by atoms with Crippen LogP contribution in [0.25, 0.3) is 11.0 Å². The van der Waals surface area contributed by atoms with E-state index in [9.17, 15) is 0 Å². The molecule has 190 valence electrons. The van der Waals surface area contributed by atoms with Crippen molar-refractivity contribution in [3.63, 3.8) is 0 Å². The Bertz CT molecular complexity index is 1270. The fourth-order valence-corrected chi connectivity index (χ4v) is 5.02. The number of imidazole rings is 1. The lowest BCUT2D eigenvalue weighted by Gasteiger charge is -2.17. The maximum absolute atomic E-state index is 6.25. The molecular formula is C33H42N2O. The van der Waals surface area contributed by atoms with Crippen LogP contribution >= 0.6 is 0 Å². The van der Waals surface area contributed by atoms with Gasteiger partial charge in [-0.2, -0.15) is 0 Å². The van der Waals surface area contributed by atoms with Crippen LogP contribution in [0.1, 0.15) is 87.4 Å². The lowest BCUT2D eigenvalue weighted by molar-refractivity contribution is 0.299. The van der Waals surface area contributed by atoms with Gasteiger partial charge in [0.25, 0.3) is 0 Å². The summed E-state index contributed by atoms with van der Waals surface area (Å²) in [6.07, 6.45) is 3.18. The Labute approximate surface area is 217 Å². The molecule has 0 aliphatic rings. The number of nitrogens with zero attached hydrogens (tertiary/aromatic N) is 2. The SMILES string of the molecule is Cc1ccc(C(C)C)c(OCCCCn2c(C(C)c3ccc(CC(C)C)cc3)nc3ccccc32)c1. The Morgan fingerprint density at radius 3 is 2.33 bits per heavy atom. The van der Waals surface area contributed by atoms with Gasteiger partial charge in [-0.05, 0) is 78.5 Å². The fourth-order valence-electron chi connectivity index (χ4n) is 5.02. The van der Waals surface area contributed by atoms with E-state index in [0.29, 0.717) is 11.8 Å². The Hall–Kier alpha value is -3.07. The lowest BCUT2D eigenvalue weighted by atomic mass is 9.96. The summed E-state index contributed by atoms with van der Waals surface area (Å²) >= 11 is 0. The largest absolute Gasteiger partial charge is 0.493 e. The number of aromatic nitrogens is 2. The number of unbranched alkanes of at least 4 members (excludes halogenated alkanes) is 1. The number of fused-ring (bicyclic) bond motifs is 1. The molecule has 3 nitrogen and oxygen atoms in total. The van der Waals surface area contributed by atoms with Gasteiger partial charge in [-0.25, -0.2) is 4.98 Å². The molecule has 0 fully saturated rings. The zero-order valence-corrected chi connectivity index (χ0v) is 22.9. The third kappa shape index (κ3) is 6.19. The average Bonchev–Trinajstić information content (AvgIpc) is 3.22. The highest BCUT2D eigenvalue weighted by molar-refractivity contribution is 5.76. The third-order valence-electron chi connectivity index (χ3n) is 7.02. The van der Waals surface area contributed by atoms with Gasteiger partial charge in [0, 0.05) is 12.5 Å². The lowest BCUT2D eigenvalue weighted by Crippen LogP contribution is -2.10. The molecular weight excluding hydrogens is 440 g/mol. The molecule has 1 aromatic heterocycles. The van der Waals surface area contributed by atoms with Crippen molar-refractivity contribution < 1.29 is 4.74 Å². The first-order chi connectivity index (χ1) is 17.3. The quantitative estimate of drug-likeness (QED) is 0.200. The van der Waals surface area contributed by atoms with E-state index < -0.39 is 0 Å². The van der Waals surface area contributed by atoms with Gasteiger partial charge in [-0.1, -0.05) is 83.1 Å². The normalized spacial score (nSPS) is 12.6. The zero-order valence-electron chi connectivity index (χ0n) is 22.9. The van der Waals surface area contributed by atoms with E-state index in [4.69, 9.17) is 9.72 Å². The maximum Gasteiger partial charge on any atom is 0.122 e. The van der Waals surface area contributed by atoms with Gasteiger partial charge < -0.3 is 9.30 Å². The Morgan fingerprint density at radius 2 is 1.61 bits per heavy atom. The summed E-state index contributed by atoms with van der Waals surface area (Å²) in [5, 5.41) is 0. The summed E-state index contributed by atoms with van der Waals surface area (Å²) in [5.41, 5.74) is 7.56. The van der Waals surface area contributed by atoms with Crippen LogP contribution in [0.15, 0.2) is 66.7 Å². The summed E-state index contributed by atoms with van der Waals surface area (Å²) in [6, 6.07) is 24.2. The number of hydrogen-bond donors (Lipinski definition) is 0. The number of ether oxygens (including phenoxy) is 1. The van der Waals surface area contributed by atoms with Crippen LogP contribution in [0.3, 0.4) is 0 Å². The molecule has 0 N–H and O–H groups in total. The second-order valence-corrected chi connectivity index (χ2v) is 10.9. The van der Waals surface area contributed by atoms with Crippen LogP contribution in [0.4, 0.5) is 0 Å². The Kier molecular flexibility index (Phi) is 8.51. The van der Waals surface area contributed by atoms with E-state index in [0.717, 1.165) is 49.5 Å². The molecule has 0 spiro atoms. The summed E-state index contributed by atoms with van der Waals surface area (Å²) in [5.74, 6) is 3.55. The standard InChI is InChI=1S/C33H42N2O/c1-23(2)21-27-14-16-28(17-15-27)26(6)33-34-30-11-7-8-12-31(30)35(33)19-9-10-20-36-32-22-25(5)13-18-29(32)24(3)4/h7-8,11-18,22-24,26H,9-10,19-21H2,1-6H3. The van der Waals surface area contributed by atoms with Crippen LogP contribution in [-0.2, 0) is 13.0 Å². The van der Waals surface area contributed by atoms with E-state index in [1.807, 2.05) is 0 Å². The summed E-state index contributed by atoms with van der Waals surface area (Å²) in [7, 11) is 0. The number of aryl methyl sites for hydroxylation is 2. The summed E-state index contributed by atoms with van der Waals surface area (Å²) in [4.78, 5) is 5.08. The van der Waals surface area contributed by atoms with Crippen LogP contribution in [0.2, 0.25) is 0 Å². The van der Waals surface area contributed by atoms with E-state index in [1.54, 1.807) is 0 Å². The first-order valence-electron chi connectivity index (χ1n) is 13.6. The molecule has 0 radical (unpaired) electrons. The highest BCUT2D eigenvalue weighted by Crippen LogP contribution is 2.29. The summed E-state index contributed by atoms with van der Waals surface area (Å²) < 4.78 is 8.67. The minimum atomic E-state index is 0.239. The van der Waals surface area contributed by atoms with Crippen molar-refractivity contribution in [2.24, 2.45) is 5.92 Å². The first kappa shape index (κ1) is 26.0. The maximum atomic E-state index is 6.25. The molecule has 0 amide bonds. The van der Waals surface area contributed by atoms with Gasteiger partial charge >= 0.3 is 0 Å². The predicted octanol–water partition coefficient (Wildman–Crippen LogP) is 8.68. The van der Waals surface area contributed by atoms with Crippen molar-refractivity contribution in [1.29, 1.82) is 0 Å². The molecule has 3 heteroatoms. The minimum absolute atomic E-state index is 0.239. The second-order valence-electron chi connectivity index (χ2n) is 10.9. The van der Waals surface area contributed by atoms with Gasteiger partial charge in [0.15, 0.2) is 0 Å². The average molecular weight is 483 g/mol. The molecule has 0 aliphatic carbocycles. The van der Waals surface area contributed by atoms with Crippen LogP contribution in [0, 0.1) is 12.8 Å². The molecule has 3 aromatic carbocycles. The fraction of sp³-hybridized carbons (Fsp3) is 0.424. The highest BCUT2D eigenvalue weighted by atomic mass is 16.5. The van der Waals surface area contributed by atoms with Crippen molar-refractivity contribution in [2.45, 2.75) is 79.2 Å². The predicted molar refractivity (Wildman–Crippen MR) is 152 cm³/mol. The third-order valence-corrected chi connectivity index (χ3v) is 7.02. The van der Waals surface area contributed by atoms with Gasteiger partial charge in [-0.3, -0.25) is 0 Å². The smallest absolute Gasteiger partial charge is 0.122 e. The summed E-state index contributed by atoms with van der Waals surface area (Å²) in [6.45, 7) is 15.1. The first-order valence-corrected chi connectivity index (χ1v) is 13.6. The van der Waals surface area contributed by atoms with Crippen molar-refractivity contribution in [3.8, 4) is 5.75 Å². The molecule has 0 bridgehead atoms. The molecule has 0 saturated carbocycles. The van der Waals surface area contributed by atoms with Crippen LogP contribution in [-0.4, -0.2) is 16.2 Å². The van der Waals surface area contributed by atoms with Crippen LogP contribution in [0.5, 0.6) is 5.75 Å².